The predicted molar refractivity (Wildman–Crippen MR) is 77.9 cm³/mol. The number of nitrogens with one attached hydrogen (secondary N) is 1. The van der Waals surface area contributed by atoms with E-state index in [0.717, 1.165) is 5.69 Å². The molecule has 0 radical (unpaired) electrons. The SMILES string of the molecule is CC(NCCS(C)(=O)=O)c1ccccn1.I.[HH]. The van der Waals surface area contributed by atoms with Gasteiger partial charge in [-0.25, -0.2) is 8.42 Å². The molecular formula is C10H19IN2O2S. The summed E-state index contributed by atoms with van der Waals surface area (Å²) in [6.45, 7) is 2.42. The molecular weight excluding hydrogens is 339 g/mol. The zero-order valence-corrected chi connectivity index (χ0v) is 12.5. The topological polar surface area (TPSA) is 59.1 Å². The molecule has 1 atom stereocenters. The first-order valence-electron chi connectivity index (χ1n) is 4.81. The first-order valence-corrected chi connectivity index (χ1v) is 6.87. The largest absolute Gasteiger partial charge is 0.308 e. The molecule has 1 N–H and O–H groups in total. The maximum Gasteiger partial charge on any atom is 0.148 e. The minimum Gasteiger partial charge on any atom is -0.308 e. The molecule has 0 bridgehead atoms. The highest BCUT2D eigenvalue weighted by Gasteiger charge is 2.07. The lowest BCUT2D eigenvalue weighted by Crippen LogP contribution is -2.25. The van der Waals surface area contributed by atoms with Crippen molar-refractivity contribution in [1.29, 1.82) is 0 Å². The zero-order chi connectivity index (χ0) is 11.3. The van der Waals surface area contributed by atoms with Crippen LogP contribution in [0, 0.1) is 0 Å². The molecule has 0 aliphatic heterocycles. The van der Waals surface area contributed by atoms with E-state index in [1.54, 1.807) is 6.20 Å². The van der Waals surface area contributed by atoms with Crippen molar-refractivity contribution in [1.82, 2.24) is 10.3 Å². The van der Waals surface area contributed by atoms with Gasteiger partial charge in [-0.2, -0.15) is 0 Å². The van der Waals surface area contributed by atoms with Crippen LogP contribution >= 0.6 is 24.0 Å². The average Bonchev–Trinajstić information content (AvgIpc) is 2.17. The van der Waals surface area contributed by atoms with Gasteiger partial charge >= 0.3 is 0 Å². The van der Waals surface area contributed by atoms with Gasteiger partial charge in [0.25, 0.3) is 0 Å². The molecule has 1 unspecified atom stereocenters. The highest BCUT2D eigenvalue weighted by atomic mass is 127. The van der Waals surface area contributed by atoms with Crippen LogP contribution in [0.1, 0.15) is 20.1 Å². The third-order valence-electron chi connectivity index (χ3n) is 2.05. The van der Waals surface area contributed by atoms with Crippen LogP contribution in [0.15, 0.2) is 24.4 Å². The molecule has 0 fully saturated rings. The smallest absolute Gasteiger partial charge is 0.148 e. The van der Waals surface area contributed by atoms with E-state index in [-0.39, 0.29) is 37.2 Å². The number of sulfone groups is 1. The van der Waals surface area contributed by atoms with E-state index in [9.17, 15) is 8.42 Å². The van der Waals surface area contributed by atoms with Crippen molar-refractivity contribution in [2.24, 2.45) is 0 Å². The van der Waals surface area contributed by atoms with Crippen molar-refractivity contribution in [3.63, 3.8) is 0 Å². The molecule has 0 saturated carbocycles. The highest BCUT2D eigenvalue weighted by Crippen LogP contribution is 2.06. The molecule has 1 aromatic heterocycles. The second-order valence-corrected chi connectivity index (χ2v) is 5.82. The van der Waals surface area contributed by atoms with Gasteiger partial charge in [-0.1, -0.05) is 6.07 Å². The van der Waals surface area contributed by atoms with E-state index in [1.165, 1.54) is 6.26 Å². The molecule has 0 saturated heterocycles. The van der Waals surface area contributed by atoms with Crippen LogP contribution in [0.25, 0.3) is 0 Å². The molecule has 0 aliphatic rings. The number of aromatic nitrogens is 1. The van der Waals surface area contributed by atoms with Gasteiger partial charge in [0.05, 0.1) is 11.4 Å². The summed E-state index contributed by atoms with van der Waals surface area (Å²) < 4.78 is 21.8. The Labute approximate surface area is 115 Å². The predicted octanol–water partition coefficient (Wildman–Crippen LogP) is 1.64. The summed E-state index contributed by atoms with van der Waals surface area (Å²) in [5.74, 6) is 0.157. The molecule has 6 heteroatoms. The second kappa shape index (κ2) is 7.18. The Kier molecular flexibility index (Phi) is 7.09. The van der Waals surface area contributed by atoms with Crippen LogP contribution in [0.4, 0.5) is 0 Å². The Hall–Kier alpha value is -0.210. The normalized spacial score (nSPS) is 12.9. The minimum atomic E-state index is -2.88. The van der Waals surface area contributed by atoms with Crippen LogP contribution < -0.4 is 5.32 Å². The van der Waals surface area contributed by atoms with Gasteiger partial charge in [0.1, 0.15) is 9.84 Å². The van der Waals surface area contributed by atoms with Crippen LogP contribution in [0.5, 0.6) is 0 Å². The van der Waals surface area contributed by atoms with E-state index in [2.05, 4.69) is 10.3 Å². The van der Waals surface area contributed by atoms with Gasteiger partial charge in [-0.15, -0.1) is 24.0 Å². The third-order valence-corrected chi connectivity index (χ3v) is 3.00. The third kappa shape index (κ3) is 6.39. The van der Waals surface area contributed by atoms with E-state index in [1.807, 2.05) is 25.1 Å². The number of rotatable bonds is 5. The van der Waals surface area contributed by atoms with E-state index < -0.39 is 9.84 Å². The van der Waals surface area contributed by atoms with Crippen LogP contribution in [-0.2, 0) is 9.84 Å². The molecule has 94 valence electrons. The summed E-state index contributed by atoms with van der Waals surface area (Å²) in [6, 6.07) is 5.76. The Morgan fingerprint density at radius 2 is 2.19 bits per heavy atom. The first kappa shape index (κ1) is 15.8. The summed E-state index contributed by atoms with van der Waals surface area (Å²) in [6.07, 6.45) is 2.96. The number of nitrogens with zero attached hydrogens (tertiary/aromatic N) is 1. The van der Waals surface area contributed by atoms with Crippen molar-refractivity contribution in [3.05, 3.63) is 30.1 Å². The number of halogens is 1. The lowest BCUT2D eigenvalue weighted by atomic mass is 10.2. The van der Waals surface area contributed by atoms with Crippen LogP contribution in [-0.4, -0.2) is 32.0 Å². The summed E-state index contributed by atoms with van der Waals surface area (Å²) in [5, 5.41) is 3.11. The summed E-state index contributed by atoms with van der Waals surface area (Å²) >= 11 is 0. The van der Waals surface area contributed by atoms with Crippen LogP contribution in [0.2, 0.25) is 0 Å². The van der Waals surface area contributed by atoms with E-state index >= 15 is 0 Å². The number of hydrogen-bond donors (Lipinski definition) is 1. The summed E-state index contributed by atoms with van der Waals surface area (Å²) in [7, 11) is -2.88. The Morgan fingerprint density at radius 3 is 2.69 bits per heavy atom. The Bertz CT molecular complexity index is 400. The molecule has 0 aliphatic carbocycles. The van der Waals surface area contributed by atoms with Crippen molar-refractivity contribution < 1.29 is 9.84 Å². The fourth-order valence-corrected chi connectivity index (χ4v) is 1.69. The Balaban J connectivity index is 0. The van der Waals surface area contributed by atoms with Gasteiger partial charge in [-0.05, 0) is 19.1 Å². The van der Waals surface area contributed by atoms with Crippen molar-refractivity contribution >= 4 is 33.8 Å². The van der Waals surface area contributed by atoms with E-state index in [4.69, 9.17) is 0 Å². The molecule has 0 spiro atoms. The second-order valence-electron chi connectivity index (χ2n) is 3.56. The van der Waals surface area contributed by atoms with Gasteiger partial charge in [0.2, 0.25) is 0 Å². The standard InChI is InChI=1S/C10H16N2O2S.HI.H2/c1-9(10-5-3-4-6-12-10)11-7-8-15(2,13)14;;/h3-6,9,11H,7-8H2,1-2H3;2*1H. The first-order chi connectivity index (χ1) is 6.99. The minimum absolute atomic E-state index is 0. The average molecular weight is 358 g/mol. The van der Waals surface area contributed by atoms with Gasteiger partial charge in [0.15, 0.2) is 0 Å². The fraction of sp³-hybridized carbons (Fsp3) is 0.500. The molecule has 1 heterocycles. The van der Waals surface area contributed by atoms with Crippen molar-refractivity contribution in [2.75, 3.05) is 18.6 Å². The quantitative estimate of drug-likeness (QED) is 0.813. The lowest BCUT2D eigenvalue weighted by molar-refractivity contribution is 0.568. The monoisotopic (exact) mass is 358 g/mol. The van der Waals surface area contributed by atoms with Gasteiger partial charge in [0, 0.05) is 26.5 Å². The molecule has 1 aromatic rings. The molecule has 4 nitrogen and oxygen atoms in total. The molecule has 1 rings (SSSR count). The van der Waals surface area contributed by atoms with Crippen molar-refractivity contribution in [2.45, 2.75) is 13.0 Å². The van der Waals surface area contributed by atoms with Gasteiger partial charge < -0.3 is 5.32 Å². The fourth-order valence-electron chi connectivity index (χ4n) is 1.20. The maximum atomic E-state index is 10.9. The maximum absolute atomic E-state index is 10.9. The molecule has 16 heavy (non-hydrogen) atoms. The molecule has 0 amide bonds. The number of pyridine rings is 1. The number of hydrogen-bond acceptors (Lipinski definition) is 4. The lowest BCUT2D eigenvalue weighted by Gasteiger charge is -2.12. The van der Waals surface area contributed by atoms with Crippen LogP contribution in [0.3, 0.4) is 0 Å². The summed E-state index contributed by atoms with van der Waals surface area (Å²) in [5.41, 5.74) is 0.922. The van der Waals surface area contributed by atoms with Gasteiger partial charge in [-0.3, -0.25) is 4.98 Å². The van der Waals surface area contributed by atoms with E-state index in [0.29, 0.717) is 6.54 Å². The highest BCUT2D eigenvalue weighted by molar-refractivity contribution is 14.0. The van der Waals surface area contributed by atoms with Crippen molar-refractivity contribution in [3.8, 4) is 0 Å². The zero-order valence-electron chi connectivity index (χ0n) is 9.38. The molecule has 0 aromatic carbocycles. The summed E-state index contributed by atoms with van der Waals surface area (Å²) in [4.78, 5) is 4.18. The Morgan fingerprint density at radius 1 is 1.50 bits per heavy atom.